The molecule has 3 atom stereocenters. The number of hydrogen-bond donors (Lipinski definition) is 1. The van der Waals surface area contributed by atoms with Gasteiger partial charge in [0, 0.05) is 55.1 Å². The molecular weight excluding hydrogens is 551 g/mol. The molecule has 1 saturated heterocycles. The number of ether oxygens (including phenoxy) is 1. The van der Waals surface area contributed by atoms with Gasteiger partial charge in [-0.3, -0.25) is 9.36 Å². The van der Waals surface area contributed by atoms with Gasteiger partial charge < -0.3 is 24.2 Å². The van der Waals surface area contributed by atoms with Crippen LogP contribution in [0.3, 0.4) is 0 Å². The molecule has 10 nitrogen and oxygen atoms in total. The topological polar surface area (TPSA) is 106 Å². The molecule has 1 fully saturated rings. The molecule has 4 heterocycles. The number of allylic oxidation sites excluding steroid dienone is 1. The van der Waals surface area contributed by atoms with Crippen LogP contribution in [0.2, 0.25) is 0 Å². The molecule has 6 rings (SSSR count). The fourth-order valence-corrected chi connectivity index (χ4v) is 6.27. The number of rotatable bonds is 6. The van der Waals surface area contributed by atoms with Gasteiger partial charge in [0.15, 0.2) is 5.75 Å². The van der Waals surface area contributed by atoms with E-state index in [2.05, 4.69) is 23.1 Å². The van der Waals surface area contributed by atoms with Gasteiger partial charge in [0.05, 0.1) is 23.4 Å². The summed E-state index contributed by atoms with van der Waals surface area (Å²) in [7, 11) is 0. The largest absolute Gasteiger partial charge is 0.507 e. The Kier molecular flexibility index (Phi) is 7.03. The van der Waals surface area contributed by atoms with Crippen LogP contribution in [-0.4, -0.2) is 66.8 Å². The Morgan fingerprint density at radius 1 is 1.23 bits per heavy atom. The highest BCUT2D eigenvalue weighted by Gasteiger charge is 2.37. The van der Waals surface area contributed by atoms with Crippen molar-refractivity contribution < 1.29 is 19.0 Å². The Balaban J connectivity index is 1.65. The predicted octanol–water partition coefficient (Wildman–Crippen LogP) is 4.38. The quantitative estimate of drug-likeness (QED) is 0.335. The van der Waals surface area contributed by atoms with Crippen LogP contribution < -0.4 is 15.3 Å². The summed E-state index contributed by atoms with van der Waals surface area (Å²) in [4.78, 5) is 39.1. The van der Waals surface area contributed by atoms with Gasteiger partial charge in [-0.25, -0.2) is 14.2 Å². The minimum Gasteiger partial charge on any atom is -0.507 e. The van der Waals surface area contributed by atoms with E-state index in [1.165, 1.54) is 24.3 Å². The molecule has 0 saturated carbocycles. The van der Waals surface area contributed by atoms with E-state index in [9.17, 15) is 14.7 Å². The second-order valence-electron chi connectivity index (χ2n) is 11.3. The molecule has 0 spiro atoms. The van der Waals surface area contributed by atoms with Crippen LogP contribution in [0, 0.1) is 5.82 Å². The Morgan fingerprint density at radius 3 is 2.70 bits per heavy atom. The fraction of sp³-hybridized carbons (Fsp3) is 0.312. The first-order valence-electron chi connectivity index (χ1n) is 14.2. The molecule has 1 N–H and O–H groups in total. The molecule has 43 heavy (non-hydrogen) atoms. The van der Waals surface area contributed by atoms with Crippen molar-refractivity contribution in [2.24, 2.45) is 0 Å². The molecular formula is C32H33FN6O4. The Morgan fingerprint density at radius 2 is 2.02 bits per heavy atom. The molecule has 1 amide bonds. The molecule has 0 radical (unpaired) electrons. The van der Waals surface area contributed by atoms with Crippen LogP contribution in [0.15, 0.2) is 67.0 Å². The third kappa shape index (κ3) is 4.65. The smallest absolute Gasteiger partial charge is 0.350 e. The van der Waals surface area contributed by atoms with Crippen molar-refractivity contribution in [1.82, 2.24) is 24.0 Å². The van der Waals surface area contributed by atoms with E-state index in [0.717, 1.165) is 0 Å². The van der Waals surface area contributed by atoms with Crippen LogP contribution in [0.25, 0.3) is 27.6 Å². The summed E-state index contributed by atoms with van der Waals surface area (Å²) in [6.07, 6.45) is 6.44. The van der Waals surface area contributed by atoms with E-state index in [1.54, 1.807) is 35.1 Å². The van der Waals surface area contributed by atoms with Gasteiger partial charge >= 0.3 is 5.69 Å². The summed E-state index contributed by atoms with van der Waals surface area (Å²) in [5.74, 6) is -0.314. The van der Waals surface area contributed by atoms with Crippen molar-refractivity contribution in [2.75, 3.05) is 24.6 Å². The molecule has 4 aromatic rings. The number of aromatic hydroxyl groups is 1. The van der Waals surface area contributed by atoms with Crippen LogP contribution in [0.1, 0.15) is 32.4 Å². The predicted molar refractivity (Wildman–Crippen MR) is 163 cm³/mol. The van der Waals surface area contributed by atoms with Crippen LogP contribution in [0.5, 0.6) is 11.5 Å². The number of carbonyl (C=O) groups is 1. The van der Waals surface area contributed by atoms with Gasteiger partial charge in [-0.05, 0) is 50.6 Å². The zero-order valence-corrected chi connectivity index (χ0v) is 24.3. The first kappa shape index (κ1) is 28.2. The molecule has 11 heteroatoms. The zero-order valence-electron chi connectivity index (χ0n) is 24.3. The number of imidazole rings is 1. The summed E-state index contributed by atoms with van der Waals surface area (Å²) in [6, 6.07) is 5.19. The Labute approximate surface area is 248 Å². The maximum Gasteiger partial charge on any atom is 0.350 e. The lowest BCUT2D eigenvalue weighted by molar-refractivity contribution is -0.128. The highest BCUT2D eigenvalue weighted by Crippen LogP contribution is 2.49. The van der Waals surface area contributed by atoms with Crippen molar-refractivity contribution in [3.8, 4) is 22.6 Å². The van der Waals surface area contributed by atoms with Crippen LogP contribution >= 0.6 is 0 Å². The van der Waals surface area contributed by atoms with Crippen LogP contribution in [0.4, 0.5) is 10.2 Å². The molecule has 0 bridgehead atoms. The molecule has 2 aromatic carbocycles. The average Bonchev–Trinajstić information content (AvgIpc) is 3.49. The number of hydrogen-bond acceptors (Lipinski definition) is 7. The van der Waals surface area contributed by atoms with Gasteiger partial charge in [-0.1, -0.05) is 24.8 Å². The first-order valence-corrected chi connectivity index (χ1v) is 14.2. The third-order valence-electron chi connectivity index (χ3n) is 8.33. The lowest BCUT2D eigenvalue weighted by Crippen LogP contribution is -2.58. The van der Waals surface area contributed by atoms with Gasteiger partial charge in [0.25, 0.3) is 0 Å². The summed E-state index contributed by atoms with van der Waals surface area (Å²) in [6.45, 7) is 14.9. The van der Waals surface area contributed by atoms with Crippen molar-refractivity contribution in [3.05, 3.63) is 84.1 Å². The van der Waals surface area contributed by atoms with E-state index < -0.39 is 17.5 Å². The third-order valence-corrected chi connectivity index (χ3v) is 8.33. The normalized spacial score (nSPS) is 19.8. The molecule has 0 aliphatic carbocycles. The molecule has 2 aromatic heterocycles. The van der Waals surface area contributed by atoms with Crippen molar-refractivity contribution in [1.29, 1.82) is 0 Å². The van der Waals surface area contributed by atoms with Gasteiger partial charge in [0.1, 0.15) is 24.0 Å². The number of aromatic nitrogens is 4. The number of carbonyl (C=O) groups excluding carboxylic acids is 1. The van der Waals surface area contributed by atoms with Gasteiger partial charge in [-0.15, -0.1) is 0 Å². The van der Waals surface area contributed by atoms with Gasteiger partial charge in [0.2, 0.25) is 5.91 Å². The molecule has 222 valence electrons. The highest BCUT2D eigenvalue weighted by atomic mass is 19.1. The van der Waals surface area contributed by atoms with Crippen LogP contribution in [-0.2, 0) is 11.3 Å². The van der Waals surface area contributed by atoms with E-state index in [-0.39, 0.29) is 41.7 Å². The van der Waals surface area contributed by atoms with Gasteiger partial charge in [-0.2, -0.15) is 4.98 Å². The molecule has 0 unspecified atom stereocenters. The zero-order chi connectivity index (χ0) is 30.6. The Bertz CT molecular complexity index is 1810. The number of anilines is 1. The summed E-state index contributed by atoms with van der Waals surface area (Å²) in [5.41, 5.74) is 1.45. The van der Waals surface area contributed by atoms with E-state index >= 15 is 4.39 Å². The molecule has 2 aliphatic rings. The second kappa shape index (κ2) is 10.7. The second-order valence-corrected chi connectivity index (χ2v) is 11.3. The number of nitrogens with zero attached hydrogens (tertiary/aromatic N) is 6. The average molecular weight is 585 g/mol. The maximum absolute atomic E-state index is 15.4. The lowest BCUT2D eigenvalue weighted by atomic mass is 9.90. The minimum atomic E-state index is -0.629. The van der Waals surface area contributed by atoms with Crippen molar-refractivity contribution in [2.45, 2.75) is 45.4 Å². The maximum atomic E-state index is 15.4. The number of phenolic OH excluding ortho intramolecular Hbond substituents is 1. The van der Waals surface area contributed by atoms with Crippen molar-refractivity contribution in [3.63, 3.8) is 0 Å². The van der Waals surface area contributed by atoms with E-state index in [1.807, 2.05) is 29.4 Å². The molecule has 2 aliphatic heterocycles. The number of halogens is 1. The SMILES string of the molecule is C=CC(=O)N1C[C@H](C)N(c2nc(=O)n3c4c(c(-c5c(O)cccc5F)c(C(=C)C)cc24)OC[C@@H]3Cn2ccnc2)C[C@H]1C. The standard InChI is InChI=1S/C32H33FN6O4/c1-6-26(41)37-13-20(5)38(14-19(37)4)31-23-12-22(18(2)3)27(28-24(33)8-7-9-25(28)40)30-29(23)39(32(42)35-31)21(16-43-30)15-36-11-10-34-17-36/h6-12,17,19-21,40H,1-2,13-16H2,3-5H3/t19-,20+,21+/m1/s1. The minimum absolute atomic E-state index is 0.0265. The fourth-order valence-electron chi connectivity index (χ4n) is 6.27. The Hall–Kier alpha value is -4.93. The van der Waals surface area contributed by atoms with Crippen molar-refractivity contribution >= 4 is 28.2 Å². The summed E-state index contributed by atoms with van der Waals surface area (Å²) >= 11 is 0. The number of amides is 1. The number of piperazine rings is 1. The number of phenols is 1. The van der Waals surface area contributed by atoms with E-state index in [4.69, 9.17) is 4.74 Å². The lowest BCUT2D eigenvalue weighted by Gasteiger charge is -2.45. The monoisotopic (exact) mass is 584 g/mol. The summed E-state index contributed by atoms with van der Waals surface area (Å²) < 4.78 is 25.3. The van der Waals surface area contributed by atoms with E-state index in [0.29, 0.717) is 53.1 Å². The summed E-state index contributed by atoms with van der Waals surface area (Å²) in [5, 5.41) is 11.5. The number of benzene rings is 2. The highest BCUT2D eigenvalue weighted by molar-refractivity contribution is 6.04. The first-order chi connectivity index (χ1) is 20.6.